The van der Waals surface area contributed by atoms with Crippen LogP contribution in [0.3, 0.4) is 0 Å². The molecule has 0 atom stereocenters. The van der Waals surface area contributed by atoms with Crippen LogP contribution >= 0.6 is 11.3 Å². The molecule has 3 aromatic heterocycles. The zero-order valence-corrected chi connectivity index (χ0v) is 15.4. The minimum atomic E-state index is -0.0771. The Morgan fingerprint density at radius 3 is 2.81 bits per heavy atom. The zero-order valence-electron chi connectivity index (χ0n) is 14.6. The van der Waals surface area contributed by atoms with Crippen LogP contribution in [0.25, 0.3) is 16.3 Å². The Labute approximate surface area is 161 Å². The Morgan fingerprint density at radius 2 is 2.00 bits per heavy atom. The Balaban J connectivity index is 1.35. The number of pyridine rings is 1. The minimum absolute atomic E-state index is 0.0771. The first-order valence-corrected chi connectivity index (χ1v) is 9.54. The summed E-state index contributed by atoms with van der Waals surface area (Å²) in [5, 5.41) is 5.95. The standard InChI is InChI=1S/C21H18N4OS/c26-20(16-5-3-7-19(13-16)25-11-1-2-12-25)23-10-8-18-15-27-21(24-18)17-6-4-9-22-14-17/h1-7,9,11-15H,8,10H2,(H,23,26). The molecule has 27 heavy (non-hydrogen) atoms. The fraction of sp³-hybridized carbons (Fsp3) is 0.0952. The largest absolute Gasteiger partial charge is 0.352 e. The SMILES string of the molecule is O=C(NCCc1csc(-c2cccnc2)n1)c1cccc(-n2cccc2)c1. The molecule has 0 saturated heterocycles. The predicted octanol–water partition coefficient (Wildman–Crippen LogP) is 3.97. The molecule has 134 valence electrons. The molecule has 3 heterocycles. The number of hydrogen-bond acceptors (Lipinski definition) is 4. The molecular formula is C21H18N4OS. The third-order valence-corrected chi connectivity index (χ3v) is 5.08. The summed E-state index contributed by atoms with van der Waals surface area (Å²) in [5.74, 6) is -0.0771. The van der Waals surface area contributed by atoms with E-state index in [4.69, 9.17) is 0 Å². The van der Waals surface area contributed by atoms with Gasteiger partial charge in [-0.3, -0.25) is 9.78 Å². The van der Waals surface area contributed by atoms with E-state index in [-0.39, 0.29) is 5.91 Å². The van der Waals surface area contributed by atoms with E-state index in [1.165, 1.54) is 0 Å². The fourth-order valence-electron chi connectivity index (χ4n) is 2.76. The lowest BCUT2D eigenvalue weighted by molar-refractivity contribution is 0.0954. The van der Waals surface area contributed by atoms with Gasteiger partial charge in [-0.15, -0.1) is 11.3 Å². The van der Waals surface area contributed by atoms with Gasteiger partial charge in [-0.05, 0) is 42.5 Å². The van der Waals surface area contributed by atoms with Crippen LogP contribution < -0.4 is 5.32 Å². The molecule has 0 aliphatic carbocycles. The minimum Gasteiger partial charge on any atom is -0.352 e. The summed E-state index contributed by atoms with van der Waals surface area (Å²) in [5.41, 5.74) is 3.60. The topological polar surface area (TPSA) is 59.8 Å². The number of nitrogens with zero attached hydrogens (tertiary/aromatic N) is 3. The highest BCUT2D eigenvalue weighted by Crippen LogP contribution is 2.22. The molecule has 4 aromatic rings. The lowest BCUT2D eigenvalue weighted by Crippen LogP contribution is -2.25. The van der Waals surface area contributed by atoms with Gasteiger partial charge in [0.25, 0.3) is 5.91 Å². The van der Waals surface area contributed by atoms with Gasteiger partial charge in [0.05, 0.1) is 5.69 Å². The van der Waals surface area contributed by atoms with Crippen molar-refractivity contribution >= 4 is 17.2 Å². The molecule has 6 heteroatoms. The van der Waals surface area contributed by atoms with Crippen LogP contribution in [-0.2, 0) is 6.42 Å². The van der Waals surface area contributed by atoms with Crippen LogP contribution in [0.1, 0.15) is 16.1 Å². The Bertz CT molecular complexity index is 1030. The summed E-state index contributed by atoms with van der Waals surface area (Å²) in [6, 6.07) is 15.4. The first-order valence-electron chi connectivity index (χ1n) is 8.66. The van der Waals surface area contributed by atoms with Gasteiger partial charge in [0, 0.05) is 59.9 Å². The van der Waals surface area contributed by atoms with E-state index in [0.29, 0.717) is 18.5 Å². The summed E-state index contributed by atoms with van der Waals surface area (Å²) < 4.78 is 1.98. The third-order valence-electron chi connectivity index (χ3n) is 4.14. The van der Waals surface area contributed by atoms with Crippen molar-refractivity contribution in [1.29, 1.82) is 0 Å². The lowest BCUT2D eigenvalue weighted by atomic mass is 10.2. The van der Waals surface area contributed by atoms with Crippen molar-refractivity contribution in [3.63, 3.8) is 0 Å². The molecule has 1 amide bonds. The Morgan fingerprint density at radius 1 is 1.11 bits per heavy atom. The van der Waals surface area contributed by atoms with Gasteiger partial charge in [-0.25, -0.2) is 4.98 Å². The van der Waals surface area contributed by atoms with Gasteiger partial charge in [0.1, 0.15) is 5.01 Å². The van der Waals surface area contributed by atoms with Crippen LogP contribution in [0.15, 0.2) is 78.7 Å². The average Bonchev–Trinajstić information content (AvgIpc) is 3.41. The van der Waals surface area contributed by atoms with Gasteiger partial charge >= 0.3 is 0 Å². The summed E-state index contributed by atoms with van der Waals surface area (Å²) >= 11 is 1.59. The highest BCUT2D eigenvalue weighted by molar-refractivity contribution is 7.13. The molecule has 0 aliphatic heterocycles. The Hall–Kier alpha value is -3.25. The number of rotatable bonds is 6. The number of benzene rings is 1. The molecule has 0 spiro atoms. The van der Waals surface area contributed by atoms with Crippen molar-refractivity contribution in [3.8, 4) is 16.3 Å². The molecule has 0 bridgehead atoms. The van der Waals surface area contributed by atoms with E-state index < -0.39 is 0 Å². The number of aromatic nitrogens is 3. The third kappa shape index (κ3) is 4.12. The van der Waals surface area contributed by atoms with Crippen molar-refractivity contribution in [2.75, 3.05) is 6.54 Å². The Kier molecular flexibility index (Phi) is 5.07. The second kappa shape index (κ2) is 7.97. The van der Waals surface area contributed by atoms with Crippen LogP contribution in [-0.4, -0.2) is 27.0 Å². The van der Waals surface area contributed by atoms with Crippen molar-refractivity contribution in [2.45, 2.75) is 6.42 Å². The van der Waals surface area contributed by atoms with Crippen LogP contribution in [0.4, 0.5) is 0 Å². The first-order chi connectivity index (χ1) is 13.3. The summed E-state index contributed by atoms with van der Waals surface area (Å²) in [6.45, 7) is 0.544. The van der Waals surface area contributed by atoms with Crippen LogP contribution in [0, 0.1) is 0 Å². The smallest absolute Gasteiger partial charge is 0.251 e. The summed E-state index contributed by atoms with van der Waals surface area (Å²) in [6.07, 6.45) is 8.17. The van der Waals surface area contributed by atoms with Crippen molar-refractivity contribution in [1.82, 2.24) is 19.9 Å². The number of hydrogen-bond donors (Lipinski definition) is 1. The second-order valence-corrected chi connectivity index (χ2v) is 6.89. The van der Waals surface area contributed by atoms with E-state index in [0.717, 1.165) is 22.0 Å². The molecule has 1 aromatic carbocycles. The molecule has 4 rings (SSSR count). The average molecular weight is 374 g/mol. The van der Waals surface area contributed by atoms with Crippen LogP contribution in [0.5, 0.6) is 0 Å². The maximum atomic E-state index is 12.4. The molecule has 1 N–H and O–H groups in total. The summed E-state index contributed by atoms with van der Waals surface area (Å²) in [7, 11) is 0. The molecule has 0 aliphatic rings. The molecule has 0 fully saturated rings. The lowest BCUT2D eigenvalue weighted by Gasteiger charge is -2.07. The molecular weight excluding hydrogens is 356 g/mol. The summed E-state index contributed by atoms with van der Waals surface area (Å²) in [4.78, 5) is 21.2. The highest BCUT2D eigenvalue weighted by atomic mass is 32.1. The van der Waals surface area contributed by atoms with E-state index >= 15 is 0 Å². The van der Waals surface area contributed by atoms with E-state index in [1.807, 2.05) is 77.1 Å². The molecule has 0 saturated carbocycles. The van der Waals surface area contributed by atoms with Crippen molar-refractivity contribution in [3.05, 3.63) is 90.0 Å². The molecule has 5 nitrogen and oxygen atoms in total. The highest BCUT2D eigenvalue weighted by Gasteiger charge is 2.08. The normalized spacial score (nSPS) is 10.7. The number of carbonyl (C=O) groups is 1. The molecule has 0 unspecified atom stereocenters. The van der Waals surface area contributed by atoms with Crippen LogP contribution in [0.2, 0.25) is 0 Å². The maximum absolute atomic E-state index is 12.4. The van der Waals surface area contributed by atoms with Gasteiger partial charge in [0.2, 0.25) is 0 Å². The number of carbonyl (C=O) groups excluding carboxylic acids is 1. The fourth-order valence-corrected chi connectivity index (χ4v) is 3.61. The van der Waals surface area contributed by atoms with Crippen molar-refractivity contribution < 1.29 is 4.79 Å². The first kappa shape index (κ1) is 17.2. The van der Waals surface area contributed by atoms with Gasteiger partial charge in [0.15, 0.2) is 0 Å². The number of thiazole rings is 1. The zero-order chi connectivity index (χ0) is 18.5. The van der Waals surface area contributed by atoms with E-state index in [9.17, 15) is 4.79 Å². The van der Waals surface area contributed by atoms with E-state index in [1.54, 1.807) is 17.5 Å². The second-order valence-electron chi connectivity index (χ2n) is 6.03. The van der Waals surface area contributed by atoms with Gasteiger partial charge in [-0.1, -0.05) is 6.07 Å². The quantitative estimate of drug-likeness (QED) is 0.556. The maximum Gasteiger partial charge on any atom is 0.251 e. The number of nitrogens with one attached hydrogen (secondary N) is 1. The number of amides is 1. The van der Waals surface area contributed by atoms with Crippen molar-refractivity contribution in [2.24, 2.45) is 0 Å². The predicted molar refractivity (Wildman–Crippen MR) is 107 cm³/mol. The van der Waals surface area contributed by atoms with E-state index in [2.05, 4.69) is 15.3 Å². The van der Waals surface area contributed by atoms with Gasteiger partial charge in [-0.2, -0.15) is 0 Å². The van der Waals surface area contributed by atoms with Gasteiger partial charge < -0.3 is 9.88 Å². The molecule has 0 radical (unpaired) electrons. The monoisotopic (exact) mass is 374 g/mol.